The molecule has 2 N–H and O–H groups in total. The SMILES string of the molecule is O=c1[nH]c(N2CCCC2CO)cc2ccccc12. The van der Waals surface area contributed by atoms with Crippen LogP contribution < -0.4 is 10.5 Å². The second-order valence-electron chi connectivity index (χ2n) is 4.74. The Kier molecular flexibility index (Phi) is 2.80. The molecule has 1 unspecified atom stereocenters. The number of nitrogens with zero attached hydrogens (tertiary/aromatic N) is 1. The van der Waals surface area contributed by atoms with E-state index in [4.69, 9.17) is 0 Å². The summed E-state index contributed by atoms with van der Waals surface area (Å²) in [5.41, 5.74) is -0.0633. The van der Waals surface area contributed by atoms with Gasteiger partial charge in [-0.15, -0.1) is 0 Å². The highest BCUT2D eigenvalue weighted by molar-refractivity contribution is 5.83. The van der Waals surface area contributed by atoms with Crippen molar-refractivity contribution in [2.24, 2.45) is 0 Å². The summed E-state index contributed by atoms with van der Waals surface area (Å²) < 4.78 is 0. The summed E-state index contributed by atoms with van der Waals surface area (Å²) >= 11 is 0. The first-order valence-electron chi connectivity index (χ1n) is 6.29. The molecule has 0 amide bonds. The van der Waals surface area contributed by atoms with Gasteiger partial charge in [-0.25, -0.2) is 0 Å². The number of hydrogen-bond acceptors (Lipinski definition) is 3. The minimum Gasteiger partial charge on any atom is -0.394 e. The normalized spacial score (nSPS) is 19.6. The summed E-state index contributed by atoms with van der Waals surface area (Å²) in [7, 11) is 0. The zero-order chi connectivity index (χ0) is 12.5. The molecule has 1 aromatic carbocycles. The van der Waals surface area contributed by atoms with E-state index in [1.807, 2.05) is 30.3 Å². The number of aliphatic hydroxyl groups is 1. The number of hydrogen-bond donors (Lipinski definition) is 2. The molecule has 18 heavy (non-hydrogen) atoms. The number of nitrogens with one attached hydrogen (secondary N) is 1. The molecule has 1 atom stereocenters. The molecule has 0 aliphatic carbocycles. The highest BCUT2D eigenvalue weighted by Crippen LogP contribution is 2.24. The minimum atomic E-state index is -0.0633. The van der Waals surface area contributed by atoms with Crippen molar-refractivity contribution in [3.05, 3.63) is 40.7 Å². The maximum absolute atomic E-state index is 12.0. The predicted octanol–water partition coefficient (Wildman–Crippen LogP) is 1.49. The van der Waals surface area contributed by atoms with Gasteiger partial charge in [-0.1, -0.05) is 18.2 Å². The van der Waals surface area contributed by atoms with Crippen molar-refractivity contribution >= 4 is 16.6 Å². The second kappa shape index (κ2) is 4.46. The molecule has 1 aliphatic rings. The third-order valence-electron chi connectivity index (χ3n) is 3.64. The molecular weight excluding hydrogens is 228 g/mol. The largest absolute Gasteiger partial charge is 0.394 e. The van der Waals surface area contributed by atoms with E-state index in [2.05, 4.69) is 9.88 Å². The lowest BCUT2D eigenvalue weighted by molar-refractivity contribution is 0.266. The van der Waals surface area contributed by atoms with Crippen LogP contribution in [0.25, 0.3) is 10.8 Å². The van der Waals surface area contributed by atoms with E-state index < -0.39 is 0 Å². The molecule has 3 rings (SSSR count). The van der Waals surface area contributed by atoms with Gasteiger partial charge in [0.2, 0.25) is 0 Å². The fourth-order valence-corrected chi connectivity index (χ4v) is 2.69. The van der Waals surface area contributed by atoms with E-state index in [9.17, 15) is 9.90 Å². The molecule has 2 heterocycles. The van der Waals surface area contributed by atoms with Crippen molar-refractivity contribution < 1.29 is 5.11 Å². The molecule has 1 aliphatic heterocycles. The van der Waals surface area contributed by atoms with Crippen molar-refractivity contribution in [3.8, 4) is 0 Å². The number of anilines is 1. The van der Waals surface area contributed by atoms with Crippen LogP contribution in [-0.4, -0.2) is 29.3 Å². The molecule has 1 saturated heterocycles. The van der Waals surface area contributed by atoms with Crippen molar-refractivity contribution in [2.75, 3.05) is 18.1 Å². The Morgan fingerprint density at radius 3 is 3.06 bits per heavy atom. The molecular formula is C14H16N2O2. The van der Waals surface area contributed by atoms with E-state index in [0.717, 1.165) is 30.6 Å². The monoisotopic (exact) mass is 244 g/mol. The summed E-state index contributed by atoms with van der Waals surface area (Å²) in [5.74, 6) is 0.815. The first-order chi connectivity index (χ1) is 8.79. The Morgan fingerprint density at radius 2 is 2.22 bits per heavy atom. The van der Waals surface area contributed by atoms with Gasteiger partial charge in [0.25, 0.3) is 5.56 Å². The van der Waals surface area contributed by atoms with E-state index in [1.54, 1.807) is 0 Å². The van der Waals surface area contributed by atoms with E-state index in [0.29, 0.717) is 5.39 Å². The zero-order valence-corrected chi connectivity index (χ0v) is 10.1. The lowest BCUT2D eigenvalue weighted by Gasteiger charge is -2.24. The first-order valence-corrected chi connectivity index (χ1v) is 6.29. The standard InChI is InChI=1S/C14H16N2O2/c17-9-11-5-3-7-16(11)13-8-10-4-1-2-6-12(10)14(18)15-13/h1-2,4,6,8,11,17H,3,5,7,9H2,(H,15,18). The van der Waals surface area contributed by atoms with Crippen molar-refractivity contribution in [1.29, 1.82) is 0 Å². The number of aliphatic hydroxyl groups excluding tert-OH is 1. The van der Waals surface area contributed by atoms with Gasteiger partial charge in [-0.05, 0) is 30.4 Å². The average molecular weight is 244 g/mol. The molecule has 0 radical (unpaired) electrons. The summed E-state index contributed by atoms with van der Waals surface area (Å²) in [6.07, 6.45) is 2.03. The summed E-state index contributed by atoms with van der Waals surface area (Å²) in [6, 6.07) is 9.68. The molecule has 2 aromatic rings. The predicted molar refractivity (Wildman–Crippen MR) is 72.0 cm³/mol. The van der Waals surface area contributed by atoms with Gasteiger partial charge in [-0.3, -0.25) is 4.79 Å². The molecule has 94 valence electrons. The summed E-state index contributed by atoms with van der Waals surface area (Å²) in [6.45, 7) is 1.02. The Hall–Kier alpha value is -1.81. The van der Waals surface area contributed by atoms with Crippen LogP contribution in [0.15, 0.2) is 35.1 Å². The van der Waals surface area contributed by atoms with E-state index in [-0.39, 0.29) is 18.2 Å². The summed E-state index contributed by atoms with van der Waals surface area (Å²) in [5, 5.41) is 11.0. The average Bonchev–Trinajstić information content (AvgIpc) is 2.87. The van der Waals surface area contributed by atoms with Crippen LogP contribution in [-0.2, 0) is 0 Å². The van der Waals surface area contributed by atoms with Crippen molar-refractivity contribution in [1.82, 2.24) is 4.98 Å². The molecule has 1 fully saturated rings. The highest BCUT2D eigenvalue weighted by atomic mass is 16.3. The molecule has 0 spiro atoms. The van der Waals surface area contributed by atoms with Gasteiger partial charge in [0, 0.05) is 11.9 Å². The number of benzene rings is 1. The van der Waals surface area contributed by atoms with Crippen LogP contribution in [0.5, 0.6) is 0 Å². The molecule has 1 aromatic heterocycles. The van der Waals surface area contributed by atoms with Crippen LogP contribution in [0.4, 0.5) is 5.82 Å². The number of aromatic nitrogens is 1. The van der Waals surface area contributed by atoms with Gasteiger partial charge >= 0.3 is 0 Å². The maximum atomic E-state index is 12.0. The number of pyridine rings is 1. The van der Waals surface area contributed by atoms with Crippen LogP contribution in [0.3, 0.4) is 0 Å². The molecule has 4 heteroatoms. The van der Waals surface area contributed by atoms with Crippen LogP contribution in [0, 0.1) is 0 Å². The van der Waals surface area contributed by atoms with Crippen LogP contribution in [0.1, 0.15) is 12.8 Å². The van der Waals surface area contributed by atoms with Gasteiger partial charge in [-0.2, -0.15) is 0 Å². The zero-order valence-electron chi connectivity index (χ0n) is 10.1. The number of rotatable bonds is 2. The van der Waals surface area contributed by atoms with Crippen LogP contribution in [0.2, 0.25) is 0 Å². The number of fused-ring (bicyclic) bond motifs is 1. The van der Waals surface area contributed by atoms with E-state index >= 15 is 0 Å². The smallest absolute Gasteiger partial charge is 0.257 e. The maximum Gasteiger partial charge on any atom is 0.257 e. The Labute approximate surface area is 105 Å². The van der Waals surface area contributed by atoms with Gasteiger partial charge in [0.15, 0.2) is 0 Å². The topological polar surface area (TPSA) is 56.3 Å². The lowest BCUT2D eigenvalue weighted by atomic mass is 10.1. The third kappa shape index (κ3) is 1.78. The lowest BCUT2D eigenvalue weighted by Crippen LogP contribution is -2.33. The second-order valence-corrected chi connectivity index (χ2v) is 4.74. The Bertz CT molecular complexity index is 620. The van der Waals surface area contributed by atoms with Crippen molar-refractivity contribution in [3.63, 3.8) is 0 Å². The van der Waals surface area contributed by atoms with Gasteiger partial charge < -0.3 is 15.0 Å². The summed E-state index contributed by atoms with van der Waals surface area (Å²) in [4.78, 5) is 17.0. The molecule has 0 saturated carbocycles. The Morgan fingerprint density at radius 1 is 1.39 bits per heavy atom. The molecule has 0 bridgehead atoms. The van der Waals surface area contributed by atoms with Gasteiger partial charge in [0.1, 0.15) is 5.82 Å². The minimum absolute atomic E-state index is 0.0633. The fourth-order valence-electron chi connectivity index (χ4n) is 2.69. The molecule has 4 nitrogen and oxygen atoms in total. The quantitative estimate of drug-likeness (QED) is 0.841. The van der Waals surface area contributed by atoms with Gasteiger partial charge in [0.05, 0.1) is 12.6 Å². The number of H-pyrrole nitrogens is 1. The Balaban J connectivity index is 2.10. The van der Waals surface area contributed by atoms with Crippen LogP contribution >= 0.6 is 0 Å². The first kappa shape index (κ1) is 11.3. The third-order valence-corrected chi connectivity index (χ3v) is 3.64. The van der Waals surface area contributed by atoms with E-state index in [1.165, 1.54) is 0 Å². The van der Waals surface area contributed by atoms with Crippen molar-refractivity contribution in [2.45, 2.75) is 18.9 Å². The fraction of sp³-hybridized carbons (Fsp3) is 0.357. The number of aromatic amines is 1. The highest BCUT2D eigenvalue weighted by Gasteiger charge is 2.24.